The van der Waals surface area contributed by atoms with Gasteiger partial charge in [0.25, 0.3) is 0 Å². The van der Waals surface area contributed by atoms with Crippen molar-refractivity contribution in [3.8, 4) is 6.07 Å². The van der Waals surface area contributed by atoms with Gasteiger partial charge < -0.3 is 0 Å². The molecule has 3 atom stereocenters. The highest BCUT2D eigenvalue weighted by molar-refractivity contribution is 5.10. The van der Waals surface area contributed by atoms with Gasteiger partial charge in [0, 0.05) is 0 Å². The third kappa shape index (κ3) is 3.52. The predicted octanol–water partition coefficient (Wildman–Crippen LogP) is 4.53. The van der Waals surface area contributed by atoms with Crippen molar-refractivity contribution in [1.82, 2.24) is 0 Å². The molecular formula is C14H25N. The summed E-state index contributed by atoms with van der Waals surface area (Å²) in [4.78, 5) is 0. The Bertz CT molecular complexity index is 228. The van der Waals surface area contributed by atoms with Crippen molar-refractivity contribution in [1.29, 1.82) is 5.26 Å². The van der Waals surface area contributed by atoms with Crippen LogP contribution < -0.4 is 0 Å². The van der Waals surface area contributed by atoms with Gasteiger partial charge in [-0.3, -0.25) is 0 Å². The fourth-order valence-corrected chi connectivity index (χ4v) is 2.74. The summed E-state index contributed by atoms with van der Waals surface area (Å²) in [7, 11) is 0. The second-order valence-corrected chi connectivity index (χ2v) is 5.54. The topological polar surface area (TPSA) is 23.8 Å². The first kappa shape index (κ1) is 12.6. The van der Waals surface area contributed by atoms with E-state index < -0.39 is 0 Å². The summed E-state index contributed by atoms with van der Waals surface area (Å²) >= 11 is 0. The van der Waals surface area contributed by atoms with Crippen molar-refractivity contribution in [3.63, 3.8) is 0 Å². The molecule has 0 spiro atoms. The van der Waals surface area contributed by atoms with Gasteiger partial charge in [0.15, 0.2) is 0 Å². The zero-order chi connectivity index (χ0) is 11.3. The van der Waals surface area contributed by atoms with Gasteiger partial charge in [-0.15, -0.1) is 0 Å². The SMILES string of the molecule is CCCCC(CCC)CC1(C)CC1C#N. The molecule has 0 aromatic carbocycles. The first-order valence-corrected chi connectivity index (χ1v) is 6.56. The summed E-state index contributed by atoms with van der Waals surface area (Å²) in [6.45, 7) is 6.84. The van der Waals surface area contributed by atoms with Crippen LogP contribution in [0.3, 0.4) is 0 Å². The Hall–Kier alpha value is -0.510. The van der Waals surface area contributed by atoms with Gasteiger partial charge in [0.05, 0.1) is 12.0 Å². The summed E-state index contributed by atoms with van der Waals surface area (Å²) in [5.74, 6) is 1.23. The smallest absolute Gasteiger partial charge is 0.0661 e. The zero-order valence-corrected chi connectivity index (χ0v) is 10.6. The summed E-state index contributed by atoms with van der Waals surface area (Å²) in [6.07, 6.45) is 9.12. The lowest BCUT2D eigenvalue weighted by Crippen LogP contribution is -2.09. The Morgan fingerprint density at radius 3 is 2.53 bits per heavy atom. The van der Waals surface area contributed by atoms with Crippen LogP contribution in [0.1, 0.15) is 65.7 Å². The maximum atomic E-state index is 8.91. The number of rotatable bonds is 7. The minimum atomic E-state index is 0.360. The van der Waals surface area contributed by atoms with Crippen LogP contribution >= 0.6 is 0 Å². The maximum absolute atomic E-state index is 8.91. The van der Waals surface area contributed by atoms with E-state index in [0.29, 0.717) is 11.3 Å². The number of nitriles is 1. The minimum absolute atomic E-state index is 0.360. The van der Waals surface area contributed by atoms with Crippen molar-refractivity contribution < 1.29 is 0 Å². The molecule has 15 heavy (non-hydrogen) atoms. The average Bonchev–Trinajstić information content (AvgIpc) is 2.86. The molecule has 3 unspecified atom stereocenters. The molecule has 0 aromatic heterocycles. The number of nitrogens with zero attached hydrogens (tertiary/aromatic N) is 1. The average molecular weight is 207 g/mol. The molecule has 0 aliphatic heterocycles. The number of hydrogen-bond acceptors (Lipinski definition) is 1. The quantitative estimate of drug-likeness (QED) is 0.601. The molecule has 0 heterocycles. The van der Waals surface area contributed by atoms with Crippen molar-refractivity contribution in [3.05, 3.63) is 0 Å². The van der Waals surface area contributed by atoms with Crippen LogP contribution in [0.4, 0.5) is 0 Å². The van der Waals surface area contributed by atoms with Crippen molar-refractivity contribution in [2.45, 2.75) is 65.7 Å². The molecule has 1 rings (SSSR count). The molecule has 0 bridgehead atoms. The third-order valence-corrected chi connectivity index (χ3v) is 3.93. The van der Waals surface area contributed by atoms with E-state index in [1.165, 1.54) is 38.5 Å². The molecule has 0 amide bonds. The molecule has 0 radical (unpaired) electrons. The molecule has 1 heteroatoms. The van der Waals surface area contributed by atoms with Crippen LogP contribution in [0.5, 0.6) is 0 Å². The van der Waals surface area contributed by atoms with Crippen LogP contribution in [0, 0.1) is 28.6 Å². The number of hydrogen-bond donors (Lipinski definition) is 0. The molecule has 1 saturated carbocycles. The van der Waals surface area contributed by atoms with Gasteiger partial charge >= 0.3 is 0 Å². The summed E-state index contributed by atoms with van der Waals surface area (Å²) in [5.41, 5.74) is 0.377. The van der Waals surface area contributed by atoms with Crippen molar-refractivity contribution in [2.75, 3.05) is 0 Å². The Kier molecular flexibility index (Phi) is 4.64. The van der Waals surface area contributed by atoms with Gasteiger partial charge in [-0.1, -0.05) is 52.9 Å². The van der Waals surface area contributed by atoms with E-state index >= 15 is 0 Å². The molecule has 1 aliphatic carbocycles. The summed E-state index contributed by atoms with van der Waals surface area (Å²) in [6, 6.07) is 2.43. The molecular weight excluding hydrogens is 182 g/mol. The molecule has 1 nitrogen and oxygen atoms in total. The van der Waals surface area contributed by atoms with Gasteiger partial charge in [0.1, 0.15) is 0 Å². The van der Waals surface area contributed by atoms with Crippen molar-refractivity contribution in [2.24, 2.45) is 17.3 Å². The highest BCUT2D eigenvalue weighted by atomic mass is 14.5. The molecule has 1 fully saturated rings. The maximum Gasteiger partial charge on any atom is 0.0661 e. The Balaban J connectivity index is 2.35. The van der Waals surface area contributed by atoms with E-state index in [4.69, 9.17) is 5.26 Å². The zero-order valence-electron chi connectivity index (χ0n) is 10.6. The first-order chi connectivity index (χ1) is 7.16. The molecule has 0 N–H and O–H groups in total. The van der Waals surface area contributed by atoms with E-state index in [1.807, 2.05) is 0 Å². The van der Waals surface area contributed by atoms with Crippen LogP contribution in [0.15, 0.2) is 0 Å². The monoisotopic (exact) mass is 207 g/mol. The van der Waals surface area contributed by atoms with E-state index in [9.17, 15) is 0 Å². The summed E-state index contributed by atoms with van der Waals surface area (Å²) < 4.78 is 0. The lowest BCUT2D eigenvalue weighted by Gasteiger charge is -2.20. The predicted molar refractivity (Wildman–Crippen MR) is 64.4 cm³/mol. The first-order valence-electron chi connectivity index (χ1n) is 6.56. The second-order valence-electron chi connectivity index (χ2n) is 5.54. The van der Waals surface area contributed by atoms with Gasteiger partial charge in [0.2, 0.25) is 0 Å². The van der Waals surface area contributed by atoms with Crippen LogP contribution in [-0.2, 0) is 0 Å². The molecule has 0 saturated heterocycles. The lowest BCUT2D eigenvalue weighted by atomic mass is 9.85. The Labute approximate surface area is 94.9 Å². The Morgan fingerprint density at radius 2 is 2.07 bits per heavy atom. The van der Waals surface area contributed by atoms with Crippen LogP contribution in [0.2, 0.25) is 0 Å². The minimum Gasteiger partial charge on any atom is -0.198 e. The van der Waals surface area contributed by atoms with Gasteiger partial charge in [-0.05, 0) is 24.2 Å². The van der Waals surface area contributed by atoms with Gasteiger partial charge in [-0.25, -0.2) is 0 Å². The van der Waals surface area contributed by atoms with Crippen LogP contribution in [-0.4, -0.2) is 0 Å². The Morgan fingerprint density at radius 1 is 1.33 bits per heavy atom. The highest BCUT2D eigenvalue weighted by Crippen LogP contribution is 2.56. The fourth-order valence-electron chi connectivity index (χ4n) is 2.74. The second kappa shape index (κ2) is 5.54. The normalized spacial score (nSPS) is 30.9. The summed E-state index contributed by atoms with van der Waals surface area (Å²) in [5, 5.41) is 8.91. The standard InChI is InChI=1S/C14H25N/c1-4-6-8-12(7-5-2)9-14(3)10-13(14)11-15/h12-13H,4-10H2,1-3H3. The fraction of sp³-hybridized carbons (Fsp3) is 0.929. The largest absolute Gasteiger partial charge is 0.198 e. The third-order valence-electron chi connectivity index (χ3n) is 3.93. The van der Waals surface area contributed by atoms with Crippen LogP contribution in [0.25, 0.3) is 0 Å². The lowest BCUT2D eigenvalue weighted by molar-refractivity contribution is 0.318. The molecule has 0 aromatic rings. The van der Waals surface area contributed by atoms with E-state index in [1.54, 1.807) is 0 Å². The number of unbranched alkanes of at least 4 members (excludes halogenated alkanes) is 1. The van der Waals surface area contributed by atoms with E-state index in [2.05, 4.69) is 26.8 Å². The van der Waals surface area contributed by atoms with Crippen molar-refractivity contribution >= 4 is 0 Å². The molecule has 86 valence electrons. The van der Waals surface area contributed by atoms with E-state index in [0.717, 1.165) is 12.3 Å². The van der Waals surface area contributed by atoms with Gasteiger partial charge in [-0.2, -0.15) is 5.26 Å². The van der Waals surface area contributed by atoms with E-state index in [-0.39, 0.29) is 0 Å². The highest BCUT2D eigenvalue weighted by Gasteiger charge is 2.50. The molecule has 1 aliphatic rings.